The summed E-state index contributed by atoms with van der Waals surface area (Å²) < 4.78 is 11.2. The molecule has 5 nitrogen and oxygen atoms in total. The molecule has 10 aromatic rings. The predicted molar refractivity (Wildman–Crippen MR) is 200 cm³/mol. The van der Waals surface area contributed by atoms with Crippen LogP contribution in [0.3, 0.4) is 0 Å². The van der Waals surface area contributed by atoms with Gasteiger partial charge in [-0.15, -0.1) is 0 Å². The lowest BCUT2D eigenvalue weighted by Gasteiger charge is -2.16. The van der Waals surface area contributed by atoms with E-state index in [1.54, 1.807) is 0 Å². The summed E-state index contributed by atoms with van der Waals surface area (Å²) in [6, 6.07) is 54.7. The lowest BCUT2D eigenvalue weighted by Crippen LogP contribution is -1.97. The van der Waals surface area contributed by atoms with E-state index in [1.165, 1.54) is 10.9 Å². The van der Waals surface area contributed by atoms with Crippen LogP contribution in [-0.4, -0.2) is 18.9 Å². The summed E-state index contributed by atoms with van der Waals surface area (Å²) >= 11 is 0. The first-order valence-corrected chi connectivity index (χ1v) is 16.4. The van der Waals surface area contributed by atoms with E-state index < -0.39 is 0 Å². The van der Waals surface area contributed by atoms with Crippen molar-refractivity contribution in [3.05, 3.63) is 170 Å². The predicted octanol–water partition coefficient (Wildman–Crippen LogP) is 11.3. The monoisotopic (exact) mass is 628 g/mol. The number of benzene rings is 6. The molecule has 0 fully saturated rings. The van der Waals surface area contributed by atoms with E-state index in [-0.39, 0.29) is 0 Å². The van der Waals surface area contributed by atoms with Crippen LogP contribution in [-0.2, 0) is 0 Å². The maximum Gasteiger partial charge on any atom is 0.145 e. The molecule has 0 bridgehead atoms. The molecule has 5 heteroatoms. The average Bonchev–Trinajstić information content (AvgIpc) is 3.76. The zero-order chi connectivity index (χ0) is 32.3. The lowest BCUT2D eigenvalue weighted by atomic mass is 9.98. The molecule has 0 amide bonds. The molecule has 0 aliphatic rings. The quantitative estimate of drug-likeness (QED) is 0.178. The Kier molecular flexibility index (Phi) is 6.11. The molecule has 0 saturated heterocycles. The average molecular weight is 629 g/mol. The van der Waals surface area contributed by atoms with Crippen LogP contribution in [0.2, 0.25) is 0 Å². The summed E-state index contributed by atoms with van der Waals surface area (Å²) in [4.78, 5) is 9.75. The van der Waals surface area contributed by atoms with Gasteiger partial charge in [-0.05, 0) is 59.5 Å². The van der Waals surface area contributed by atoms with Gasteiger partial charge in [-0.2, -0.15) is 0 Å². The van der Waals surface area contributed by atoms with Crippen molar-refractivity contribution < 1.29 is 4.74 Å². The van der Waals surface area contributed by atoms with Gasteiger partial charge in [-0.3, -0.25) is 8.97 Å². The summed E-state index contributed by atoms with van der Waals surface area (Å²) in [6.07, 6.45) is 3.82. The first kappa shape index (κ1) is 27.4. The van der Waals surface area contributed by atoms with Crippen LogP contribution in [0.5, 0.6) is 11.5 Å². The second kappa shape index (κ2) is 10.9. The highest BCUT2D eigenvalue weighted by Crippen LogP contribution is 2.40. The minimum absolute atomic E-state index is 0.747. The van der Waals surface area contributed by atoms with Crippen LogP contribution < -0.4 is 4.74 Å². The van der Waals surface area contributed by atoms with Crippen molar-refractivity contribution >= 4 is 49.1 Å². The summed E-state index contributed by atoms with van der Waals surface area (Å²) in [5.41, 5.74) is 8.66. The number of hydrogen-bond donors (Lipinski definition) is 0. The van der Waals surface area contributed by atoms with Gasteiger partial charge in [0.25, 0.3) is 0 Å². The maximum atomic E-state index is 6.66. The molecule has 0 aliphatic carbocycles. The molecule has 49 heavy (non-hydrogen) atoms. The van der Waals surface area contributed by atoms with Crippen LogP contribution in [0.15, 0.2) is 170 Å². The molecule has 4 heterocycles. The SMILES string of the molecule is c1ccc(-c2cccc3c4ccc(Oc5ccc6c7ccccc7n(-c7ccccn7)c6c5)cc4c4ncc(-c5ccccc5)n4c23)cc1. The van der Waals surface area contributed by atoms with Crippen molar-refractivity contribution in [2.24, 2.45) is 0 Å². The van der Waals surface area contributed by atoms with E-state index in [0.717, 1.165) is 77.9 Å². The molecule has 6 aromatic carbocycles. The van der Waals surface area contributed by atoms with Crippen LogP contribution in [0, 0.1) is 0 Å². The number of fused-ring (bicyclic) bond motifs is 9. The second-order valence-electron chi connectivity index (χ2n) is 12.3. The van der Waals surface area contributed by atoms with Gasteiger partial charge >= 0.3 is 0 Å². The Labute approximate surface area is 281 Å². The standard InChI is InChI=1S/C44H28N4O/c1-3-12-29(13-4-1)33-17-11-18-37-34-23-21-31(26-38(34)44-46-28-41(48(44)43(33)37)30-14-5-2-6-15-30)49-32-22-24-36-35-16-7-8-19-39(35)47(40(36)27-32)42-20-9-10-25-45-42/h1-28H. The molecule has 4 aromatic heterocycles. The Morgan fingerprint density at radius 3 is 1.98 bits per heavy atom. The zero-order valence-corrected chi connectivity index (χ0v) is 26.4. The second-order valence-corrected chi connectivity index (χ2v) is 12.3. The fourth-order valence-electron chi connectivity index (χ4n) is 7.32. The Morgan fingerprint density at radius 1 is 0.469 bits per heavy atom. The number of imidazole rings is 1. The number of hydrogen-bond acceptors (Lipinski definition) is 3. The van der Waals surface area contributed by atoms with Gasteiger partial charge in [0.15, 0.2) is 0 Å². The third kappa shape index (κ3) is 4.33. The maximum absolute atomic E-state index is 6.66. The van der Waals surface area contributed by atoms with Crippen LogP contribution in [0.25, 0.3) is 77.3 Å². The van der Waals surface area contributed by atoms with Crippen LogP contribution in [0.4, 0.5) is 0 Å². The van der Waals surface area contributed by atoms with Crippen LogP contribution >= 0.6 is 0 Å². The Hall–Kier alpha value is -6.72. The van der Waals surface area contributed by atoms with E-state index in [4.69, 9.17) is 9.72 Å². The van der Waals surface area contributed by atoms with Gasteiger partial charge in [-0.1, -0.05) is 103 Å². The van der Waals surface area contributed by atoms with Gasteiger partial charge in [-0.25, -0.2) is 9.97 Å². The molecule has 0 aliphatic heterocycles. The van der Waals surface area contributed by atoms with E-state index in [1.807, 2.05) is 42.7 Å². The molecular weight excluding hydrogens is 601 g/mol. The molecule has 0 radical (unpaired) electrons. The Morgan fingerprint density at radius 2 is 1.16 bits per heavy atom. The van der Waals surface area contributed by atoms with Gasteiger partial charge in [0.2, 0.25) is 0 Å². The highest BCUT2D eigenvalue weighted by molar-refractivity contribution is 6.16. The number of aromatic nitrogens is 4. The smallest absolute Gasteiger partial charge is 0.145 e. The fraction of sp³-hybridized carbons (Fsp3) is 0. The molecule has 230 valence electrons. The van der Waals surface area contributed by atoms with Crippen molar-refractivity contribution in [2.45, 2.75) is 0 Å². The minimum atomic E-state index is 0.747. The number of rotatable bonds is 5. The molecule has 0 unspecified atom stereocenters. The van der Waals surface area contributed by atoms with Crippen molar-refractivity contribution in [1.29, 1.82) is 0 Å². The van der Waals surface area contributed by atoms with E-state index in [2.05, 4.69) is 141 Å². The number of para-hydroxylation sites is 2. The normalized spacial score (nSPS) is 11.7. The highest BCUT2D eigenvalue weighted by atomic mass is 16.5. The van der Waals surface area contributed by atoms with Gasteiger partial charge in [0.1, 0.15) is 23.0 Å². The number of pyridine rings is 2. The molecule has 0 spiro atoms. The van der Waals surface area contributed by atoms with E-state index >= 15 is 0 Å². The third-order valence-corrected chi connectivity index (χ3v) is 9.46. The third-order valence-electron chi connectivity index (χ3n) is 9.46. The van der Waals surface area contributed by atoms with Gasteiger partial charge < -0.3 is 4.74 Å². The molecule has 10 rings (SSSR count). The summed E-state index contributed by atoms with van der Waals surface area (Å²) in [6.45, 7) is 0. The van der Waals surface area contributed by atoms with Crippen molar-refractivity contribution in [1.82, 2.24) is 18.9 Å². The Balaban J connectivity index is 1.18. The zero-order valence-electron chi connectivity index (χ0n) is 26.4. The first-order valence-electron chi connectivity index (χ1n) is 16.4. The van der Waals surface area contributed by atoms with E-state index in [0.29, 0.717) is 0 Å². The first-order chi connectivity index (χ1) is 24.3. The van der Waals surface area contributed by atoms with Gasteiger partial charge in [0, 0.05) is 44.9 Å². The number of ether oxygens (including phenoxy) is 1. The summed E-state index contributed by atoms with van der Waals surface area (Å²) in [7, 11) is 0. The Bertz CT molecular complexity index is 2840. The van der Waals surface area contributed by atoms with Crippen molar-refractivity contribution in [3.8, 4) is 39.7 Å². The summed E-state index contributed by atoms with van der Waals surface area (Å²) in [5.74, 6) is 2.37. The molecule has 0 saturated carbocycles. The van der Waals surface area contributed by atoms with Gasteiger partial charge in [0.05, 0.1) is 28.4 Å². The molecular formula is C44H28N4O. The lowest BCUT2D eigenvalue weighted by molar-refractivity contribution is 0.484. The topological polar surface area (TPSA) is 44.3 Å². The highest BCUT2D eigenvalue weighted by Gasteiger charge is 2.19. The minimum Gasteiger partial charge on any atom is -0.457 e. The van der Waals surface area contributed by atoms with Crippen LogP contribution in [0.1, 0.15) is 0 Å². The number of nitrogens with zero attached hydrogens (tertiary/aromatic N) is 4. The van der Waals surface area contributed by atoms with E-state index in [9.17, 15) is 0 Å². The molecule has 0 N–H and O–H groups in total. The molecule has 0 atom stereocenters. The van der Waals surface area contributed by atoms with Crippen molar-refractivity contribution in [3.63, 3.8) is 0 Å². The largest absolute Gasteiger partial charge is 0.457 e. The fourth-order valence-corrected chi connectivity index (χ4v) is 7.32. The summed E-state index contributed by atoms with van der Waals surface area (Å²) in [5, 5.41) is 5.65. The van der Waals surface area contributed by atoms with Crippen molar-refractivity contribution in [2.75, 3.05) is 0 Å².